The molecule has 0 radical (unpaired) electrons. The average Bonchev–Trinajstić information content (AvgIpc) is 3.71. The molecule has 0 amide bonds. The number of rotatable bonds is 7. The van der Waals surface area contributed by atoms with E-state index >= 15 is 0 Å². The molecule has 11 rings (SSSR count). The number of nitrogens with zero attached hydrogens (tertiary/aromatic N) is 2. The largest absolute Gasteiger partial charge is 0.456 e. The van der Waals surface area contributed by atoms with Crippen LogP contribution in [0, 0.1) is 0 Å². The molecule has 1 aliphatic rings. The monoisotopic (exact) mass is 755 g/mol. The number of fused-ring (bicyclic) bond motifs is 4. The van der Waals surface area contributed by atoms with Crippen LogP contribution in [0.3, 0.4) is 0 Å². The van der Waals surface area contributed by atoms with E-state index < -0.39 is 6.17 Å². The highest BCUT2D eigenvalue weighted by Crippen LogP contribution is 2.41. The molecule has 9 aromatic carbocycles. The lowest BCUT2D eigenvalue weighted by Gasteiger charge is -2.24. The summed E-state index contributed by atoms with van der Waals surface area (Å²) in [6, 6.07) is 74.7. The van der Waals surface area contributed by atoms with Crippen molar-refractivity contribution < 1.29 is 4.42 Å². The lowest BCUT2D eigenvalue weighted by atomic mass is 9.94. The van der Waals surface area contributed by atoms with Crippen molar-refractivity contribution in [2.24, 2.45) is 9.98 Å². The molecule has 0 fully saturated rings. The highest BCUT2D eigenvalue weighted by molar-refractivity contribution is 6.16. The minimum absolute atomic E-state index is 0.423. The van der Waals surface area contributed by atoms with Crippen LogP contribution in [-0.2, 0) is 0 Å². The van der Waals surface area contributed by atoms with Crippen molar-refractivity contribution in [2.45, 2.75) is 6.17 Å². The van der Waals surface area contributed by atoms with E-state index in [9.17, 15) is 0 Å². The van der Waals surface area contributed by atoms with Gasteiger partial charge in [-0.15, -0.1) is 0 Å². The van der Waals surface area contributed by atoms with Crippen molar-refractivity contribution in [2.75, 3.05) is 0 Å². The van der Waals surface area contributed by atoms with E-state index in [1.165, 1.54) is 33.0 Å². The Balaban J connectivity index is 0.974. The average molecular weight is 756 g/mol. The van der Waals surface area contributed by atoms with E-state index in [0.29, 0.717) is 5.84 Å². The van der Waals surface area contributed by atoms with Crippen molar-refractivity contribution in [1.29, 1.82) is 0 Å². The van der Waals surface area contributed by atoms with Gasteiger partial charge in [-0.2, -0.15) is 0 Å². The zero-order valence-corrected chi connectivity index (χ0v) is 32.1. The molecule has 1 aliphatic heterocycles. The smallest absolute Gasteiger partial charge is 0.159 e. The number of hydrogen-bond acceptors (Lipinski definition) is 4. The van der Waals surface area contributed by atoms with E-state index in [1.54, 1.807) is 0 Å². The molecule has 0 bridgehead atoms. The Bertz CT molecular complexity index is 3200. The predicted molar refractivity (Wildman–Crippen MR) is 245 cm³/mol. The van der Waals surface area contributed by atoms with Gasteiger partial charge < -0.3 is 9.73 Å². The van der Waals surface area contributed by atoms with Crippen LogP contribution < -0.4 is 5.32 Å². The van der Waals surface area contributed by atoms with Crippen LogP contribution in [0.15, 0.2) is 227 Å². The van der Waals surface area contributed by atoms with Crippen molar-refractivity contribution in [3.8, 4) is 44.5 Å². The number of hydrogen-bond donors (Lipinski definition) is 1. The summed E-state index contributed by atoms with van der Waals surface area (Å²) in [6.07, 6.45) is -0.423. The van der Waals surface area contributed by atoms with E-state index in [1.807, 2.05) is 24.3 Å². The van der Waals surface area contributed by atoms with Crippen molar-refractivity contribution >= 4 is 44.4 Å². The molecule has 4 nitrogen and oxygen atoms in total. The molecule has 0 aliphatic carbocycles. The Morgan fingerprint density at radius 2 is 0.847 bits per heavy atom. The van der Waals surface area contributed by atoms with Gasteiger partial charge in [-0.3, -0.25) is 0 Å². The van der Waals surface area contributed by atoms with Crippen LogP contribution in [0.25, 0.3) is 77.2 Å². The third kappa shape index (κ3) is 6.47. The molecule has 0 saturated carbocycles. The second-order valence-corrected chi connectivity index (χ2v) is 15.0. The fourth-order valence-electron chi connectivity index (χ4n) is 8.36. The fourth-order valence-corrected chi connectivity index (χ4v) is 8.36. The first-order valence-electron chi connectivity index (χ1n) is 20.0. The minimum atomic E-state index is -0.423. The fraction of sp³-hybridized carbons (Fsp3) is 0.0182. The summed E-state index contributed by atoms with van der Waals surface area (Å²) in [4.78, 5) is 10.4. The first-order valence-corrected chi connectivity index (χ1v) is 20.0. The van der Waals surface area contributed by atoms with E-state index in [2.05, 4.69) is 193 Å². The van der Waals surface area contributed by atoms with Gasteiger partial charge in [0.25, 0.3) is 0 Å². The minimum Gasteiger partial charge on any atom is -0.456 e. The number of benzene rings is 9. The summed E-state index contributed by atoms with van der Waals surface area (Å²) in [6.45, 7) is 0. The van der Waals surface area contributed by atoms with Gasteiger partial charge in [-0.1, -0.05) is 188 Å². The van der Waals surface area contributed by atoms with E-state index in [-0.39, 0.29) is 0 Å². The first-order chi connectivity index (χ1) is 29.2. The van der Waals surface area contributed by atoms with Crippen molar-refractivity contribution in [3.63, 3.8) is 0 Å². The molecule has 0 saturated heterocycles. The molecule has 1 aromatic heterocycles. The highest BCUT2D eigenvalue weighted by atomic mass is 16.3. The normalized spacial score (nSPS) is 13.9. The Morgan fingerprint density at radius 3 is 1.47 bits per heavy atom. The highest BCUT2D eigenvalue weighted by Gasteiger charge is 2.25. The molecule has 278 valence electrons. The molecular weight excluding hydrogens is 719 g/mol. The lowest BCUT2D eigenvalue weighted by molar-refractivity contribution is 0.662. The number of furan rings is 1. The van der Waals surface area contributed by atoms with Gasteiger partial charge in [0.1, 0.15) is 23.2 Å². The van der Waals surface area contributed by atoms with Gasteiger partial charge in [0.05, 0.1) is 0 Å². The van der Waals surface area contributed by atoms with Crippen LogP contribution in [0.1, 0.15) is 22.9 Å². The van der Waals surface area contributed by atoms with Gasteiger partial charge in [0.15, 0.2) is 5.84 Å². The molecule has 59 heavy (non-hydrogen) atoms. The zero-order chi connectivity index (χ0) is 39.1. The summed E-state index contributed by atoms with van der Waals surface area (Å²) in [5.74, 6) is 1.45. The molecule has 0 spiro atoms. The molecule has 1 atom stereocenters. The summed E-state index contributed by atoms with van der Waals surface area (Å²) in [7, 11) is 0. The molecular formula is C55H37N3O. The van der Waals surface area contributed by atoms with Crippen LogP contribution in [0.5, 0.6) is 0 Å². The summed E-state index contributed by atoms with van der Waals surface area (Å²) >= 11 is 0. The summed E-state index contributed by atoms with van der Waals surface area (Å²) in [5, 5.41) is 8.25. The van der Waals surface area contributed by atoms with Gasteiger partial charge in [-0.25, -0.2) is 9.98 Å². The number of nitrogens with one attached hydrogen (secondary N) is 1. The van der Waals surface area contributed by atoms with Crippen molar-refractivity contribution in [1.82, 2.24) is 5.32 Å². The molecule has 2 heterocycles. The van der Waals surface area contributed by atoms with E-state index in [0.717, 1.165) is 66.7 Å². The second kappa shape index (κ2) is 14.6. The first kappa shape index (κ1) is 34.4. The number of amidine groups is 2. The van der Waals surface area contributed by atoms with Gasteiger partial charge in [0, 0.05) is 27.5 Å². The van der Waals surface area contributed by atoms with Crippen LogP contribution in [0.4, 0.5) is 0 Å². The maximum atomic E-state index is 6.60. The molecule has 1 unspecified atom stereocenters. The molecule has 10 aromatic rings. The zero-order valence-electron chi connectivity index (χ0n) is 32.1. The molecule has 4 heteroatoms. The van der Waals surface area contributed by atoms with Crippen LogP contribution >= 0.6 is 0 Å². The third-order valence-electron chi connectivity index (χ3n) is 11.4. The van der Waals surface area contributed by atoms with Gasteiger partial charge in [-0.05, 0) is 79.5 Å². The Morgan fingerprint density at radius 1 is 0.373 bits per heavy atom. The third-order valence-corrected chi connectivity index (χ3v) is 11.4. The van der Waals surface area contributed by atoms with E-state index in [4.69, 9.17) is 14.4 Å². The SMILES string of the molecule is c1ccc(C2=NC(c3cccc4oc5cccc(-c6ccc7cc(-c8ccccc8)ccc7c6)c5c34)NC(c3ccc(-c4ccc(-c5ccccc5)cc4)cc3)=N2)cc1. The Labute approximate surface area is 342 Å². The second-order valence-electron chi connectivity index (χ2n) is 15.0. The maximum absolute atomic E-state index is 6.60. The Kier molecular flexibility index (Phi) is 8.52. The standard InChI is InChI=1S/C55H37N3O/c1-4-12-36(13-5-1)38-22-24-39(25-23-38)40-26-28-42(29-27-40)54-56-53(41-16-8-3-9-17-41)57-55(58-54)48-19-11-21-50-52(48)51-47(18-10-20-49(51)59-50)46-33-32-44-34-43(30-31-45(44)35-46)37-14-6-2-7-15-37/h1-35,55H,(H,56,57,58). The van der Waals surface area contributed by atoms with Crippen molar-refractivity contribution in [3.05, 3.63) is 229 Å². The molecule has 1 N–H and O–H groups in total. The Hall–Kier alpha value is -7.82. The summed E-state index contributed by atoms with van der Waals surface area (Å²) in [5.41, 5.74) is 14.0. The summed E-state index contributed by atoms with van der Waals surface area (Å²) < 4.78 is 6.60. The van der Waals surface area contributed by atoms with Crippen LogP contribution in [0.2, 0.25) is 0 Å². The number of aliphatic imine (C=N–C) groups is 2. The van der Waals surface area contributed by atoms with Crippen LogP contribution in [-0.4, -0.2) is 11.7 Å². The maximum Gasteiger partial charge on any atom is 0.159 e. The predicted octanol–water partition coefficient (Wildman–Crippen LogP) is 13.9. The topological polar surface area (TPSA) is 49.9 Å². The van der Waals surface area contributed by atoms with Gasteiger partial charge >= 0.3 is 0 Å². The lowest BCUT2D eigenvalue weighted by Crippen LogP contribution is -2.33. The van der Waals surface area contributed by atoms with Gasteiger partial charge in [0.2, 0.25) is 0 Å². The quantitative estimate of drug-likeness (QED) is 0.176.